The van der Waals surface area contributed by atoms with E-state index >= 15 is 0 Å². The summed E-state index contributed by atoms with van der Waals surface area (Å²) in [6, 6.07) is 14.3. The highest BCUT2D eigenvalue weighted by Gasteiger charge is 2.37. The minimum atomic E-state index is -1.11. The molecule has 0 fully saturated rings. The Balaban J connectivity index is 1.96. The molecule has 4 rings (SSSR count). The molecule has 8 heteroatoms. The molecule has 1 N–H and O–H groups in total. The zero-order valence-electron chi connectivity index (χ0n) is 15.3. The third kappa shape index (κ3) is 2.97. The van der Waals surface area contributed by atoms with Crippen molar-refractivity contribution in [3.8, 4) is 0 Å². The molecule has 1 unspecified atom stereocenters. The summed E-state index contributed by atoms with van der Waals surface area (Å²) in [5.74, 6) is 0.383. The maximum Gasteiger partial charge on any atom is 0.293 e. The Morgan fingerprint density at radius 1 is 1.18 bits per heavy atom. The number of hydrogen-bond acceptors (Lipinski definition) is 7. The van der Waals surface area contributed by atoms with Gasteiger partial charge in [-0.2, -0.15) is 5.10 Å². The summed E-state index contributed by atoms with van der Waals surface area (Å²) in [4.78, 5) is 17.5. The van der Waals surface area contributed by atoms with Gasteiger partial charge >= 0.3 is 0 Å². The summed E-state index contributed by atoms with van der Waals surface area (Å²) in [5.41, 5.74) is 2.73. The van der Waals surface area contributed by atoms with Crippen LogP contribution >= 0.6 is 0 Å². The van der Waals surface area contributed by atoms with Crippen LogP contribution in [0.15, 0.2) is 63.7 Å². The largest absolute Gasteiger partial charge is 0.368 e. The van der Waals surface area contributed by atoms with E-state index < -0.39 is 11.2 Å². The first kappa shape index (κ1) is 18.0. The van der Waals surface area contributed by atoms with E-state index in [1.54, 1.807) is 12.1 Å². The smallest absolute Gasteiger partial charge is 0.293 e. The van der Waals surface area contributed by atoms with Crippen LogP contribution in [-0.2, 0) is 0 Å². The molecule has 0 radical (unpaired) electrons. The van der Waals surface area contributed by atoms with E-state index in [9.17, 15) is 15.2 Å². The quantitative estimate of drug-likeness (QED) is 0.653. The molecule has 0 saturated carbocycles. The molecule has 0 amide bonds. The lowest BCUT2D eigenvalue weighted by Gasteiger charge is -2.32. The van der Waals surface area contributed by atoms with Crippen LogP contribution in [0.2, 0.25) is 0 Å². The zero-order valence-corrected chi connectivity index (χ0v) is 15.3. The molecule has 1 atom stereocenters. The second-order valence-electron chi connectivity index (χ2n) is 6.56. The number of aliphatic hydroxyl groups is 1. The van der Waals surface area contributed by atoms with E-state index in [0.717, 1.165) is 12.0 Å². The molecule has 142 valence electrons. The van der Waals surface area contributed by atoms with E-state index in [2.05, 4.69) is 15.2 Å². The van der Waals surface area contributed by atoms with Crippen molar-refractivity contribution in [2.75, 3.05) is 11.4 Å². The van der Waals surface area contributed by atoms with Gasteiger partial charge in [-0.15, -0.1) is 5.10 Å². The topological polar surface area (TPSA) is 104 Å². The average molecular weight is 377 g/mol. The lowest BCUT2D eigenvalue weighted by Crippen LogP contribution is -2.48. The van der Waals surface area contributed by atoms with Gasteiger partial charge in [0.05, 0.1) is 22.9 Å². The van der Waals surface area contributed by atoms with Crippen molar-refractivity contribution in [3.63, 3.8) is 0 Å². The van der Waals surface area contributed by atoms with Gasteiger partial charge in [0.2, 0.25) is 0 Å². The van der Waals surface area contributed by atoms with Gasteiger partial charge in [-0.1, -0.05) is 55.8 Å². The summed E-state index contributed by atoms with van der Waals surface area (Å²) in [6.07, 6.45) is 0.221. The molecule has 2 heterocycles. The Morgan fingerprint density at radius 2 is 1.96 bits per heavy atom. The fourth-order valence-electron chi connectivity index (χ4n) is 3.51. The predicted octanol–water partition coefficient (Wildman–Crippen LogP) is 3.14. The molecule has 0 spiro atoms. The summed E-state index contributed by atoms with van der Waals surface area (Å²) < 4.78 is 0. The van der Waals surface area contributed by atoms with Crippen molar-refractivity contribution in [1.29, 1.82) is 0 Å². The van der Waals surface area contributed by atoms with E-state index in [1.165, 1.54) is 11.0 Å². The molecular weight excluding hydrogens is 358 g/mol. The number of benzene rings is 2. The van der Waals surface area contributed by atoms with Gasteiger partial charge in [0.1, 0.15) is 5.69 Å². The average Bonchev–Trinajstić information content (AvgIpc) is 2.88. The second kappa shape index (κ2) is 7.32. The van der Waals surface area contributed by atoms with Crippen molar-refractivity contribution < 1.29 is 10.0 Å². The molecule has 0 bridgehead atoms. The van der Waals surface area contributed by atoms with E-state index in [4.69, 9.17) is 0 Å². The number of hydrogen-bond donors (Lipinski definition) is 1. The molecule has 2 aromatic carbocycles. The van der Waals surface area contributed by atoms with Crippen molar-refractivity contribution in [3.05, 3.63) is 69.8 Å². The zero-order chi connectivity index (χ0) is 19.7. The van der Waals surface area contributed by atoms with Gasteiger partial charge in [-0.3, -0.25) is 20.0 Å². The number of amidine groups is 1. The summed E-state index contributed by atoms with van der Waals surface area (Å²) >= 11 is 0. The van der Waals surface area contributed by atoms with Crippen LogP contribution in [0.3, 0.4) is 0 Å². The Hall–Kier alpha value is -3.39. The predicted molar refractivity (Wildman–Crippen MR) is 108 cm³/mol. The number of nitro benzene ring substituents is 1. The van der Waals surface area contributed by atoms with Gasteiger partial charge < -0.3 is 5.11 Å². The van der Waals surface area contributed by atoms with Crippen molar-refractivity contribution in [2.45, 2.75) is 26.0 Å². The van der Waals surface area contributed by atoms with Crippen LogP contribution in [0.25, 0.3) is 0 Å². The van der Waals surface area contributed by atoms with E-state index in [-0.39, 0.29) is 12.2 Å². The fraction of sp³-hybridized carbons (Fsp3) is 0.250. The molecule has 2 aromatic rings. The van der Waals surface area contributed by atoms with Gasteiger partial charge in [0.15, 0.2) is 12.1 Å². The van der Waals surface area contributed by atoms with Crippen LogP contribution in [0.1, 0.15) is 30.9 Å². The van der Waals surface area contributed by atoms with Crippen molar-refractivity contribution in [1.82, 2.24) is 0 Å². The molecule has 0 aliphatic carbocycles. The minimum absolute atomic E-state index is 0.104. The summed E-state index contributed by atoms with van der Waals surface area (Å²) in [6.45, 7) is 2.14. The highest BCUT2D eigenvalue weighted by Crippen LogP contribution is 2.37. The first-order valence-corrected chi connectivity index (χ1v) is 9.10. The van der Waals surface area contributed by atoms with E-state index in [0.29, 0.717) is 34.9 Å². The number of nitrogens with zero attached hydrogens (tertiary/aromatic N) is 5. The molecular formula is C20H19N5O3. The number of aliphatic hydroxyl groups excluding tert-OH is 1. The van der Waals surface area contributed by atoms with Crippen LogP contribution in [0.5, 0.6) is 0 Å². The lowest BCUT2D eigenvalue weighted by atomic mass is 9.98. The Morgan fingerprint density at radius 3 is 2.68 bits per heavy atom. The number of anilines is 1. The Kier molecular flexibility index (Phi) is 4.70. The van der Waals surface area contributed by atoms with Gasteiger partial charge in [-0.05, 0) is 6.42 Å². The molecule has 8 nitrogen and oxygen atoms in total. The molecule has 2 aliphatic rings. The number of nitro groups is 1. The van der Waals surface area contributed by atoms with Gasteiger partial charge in [0, 0.05) is 17.2 Å². The molecule has 2 aliphatic heterocycles. The number of rotatable bonds is 4. The van der Waals surface area contributed by atoms with Crippen LogP contribution < -0.4 is 4.90 Å². The van der Waals surface area contributed by atoms with Crippen molar-refractivity contribution >= 4 is 28.6 Å². The lowest BCUT2D eigenvalue weighted by molar-refractivity contribution is -0.384. The van der Waals surface area contributed by atoms with Crippen LogP contribution in [-0.4, -0.2) is 40.1 Å². The Labute approximate surface area is 161 Å². The standard InChI is InChI=1S/C20H19N5O3/c1-2-7-15-20(26)24-17(23-22-15)12-21-18(13-8-4-3-5-9-13)14-10-6-11-16(19(14)24)25(27)28/h3-6,8-11,20,26H,2,7,12H2,1H3. The van der Waals surface area contributed by atoms with Crippen molar-refractivity contribution in [2.24, 2.45) is 15.2 Å². The normalized spacial score (nSPS) is 18.3. The first-order chi connectivity index (χ1) is 13.6. The summed E-state index contributed by atoms with van der Waals surface area (Å²) in [5, 5.41) is 31.2. The van der Waals surface area contributed by atoms with Crippen LogP contribution in [0.4, 0.5) is 11.4 Å². The fourth-order valence-corrected chi connectivity index (χ4v) is 3.51. The third-order valence-corrected chi connectivity index (χ3v) is 4.75. The van der Waals surface area contributed by atoms with E-state index in [1.807, 2.05) is 37.3 Å². The monoisotopic (exact) mass is 377 g/mol. The molecule has 0 saturated heterocycles. The third-order valence-electron chi connectivity index (χ3n) is 4.75. The van der Waals surface area contributed by atoms with Gasteiger partial charge in [0.25, 0.3) is 5.69 Å². The summed E-state index contributed by atoms with van der Waals surface area (Å²) in [7, 11) is 0. The highest BCUT2D eigenvalue weighted by atomic mass is 16.6. The number of fused-ring (bicyclic) bond motifs is 3. The van der Waals surface area contributed by atoms with Gasteiger partial charge in [-0.25, -0.2) is 0 Å². The first-order valence-electron chi connectivity index (χ1n) is 9.10. The number of aliphatic imine (C=N–C) groups is 1. The maximum absolute atomic E-state index is 11.8. The Bertz CT molecular complexity index is 1010. The maximum atomic E-state index is 11.8. The second-order valence-corrected chi connectivity index (χ2v) is 6.56. The highest BCUT2D eigenvalue weighted by molar-refractivity contribution is 6.22. The van der Waals surface area contributed by atoms with Crippen LogP contribution in [0, 0.1) is 10.1 Å². The number of para-hydroxylation sites is 1. The molecule has 0 aromatic heterocycles. The minimum Gasteiger partial charge on any atom is -0.368 e. The SMILES string of the molecule is CCCC1=NN=C2CN=C(c3ccccc3)c3cccc([N+](=O)[O-])c3N2C1O. The molecule has 28 heavy (non-hydrogen) atoms.